The quantitative estimate of drug-likeness (QED) is 0.800. The molecule has 1 unspecified atom stereocenters. The first-order valence-corrected chi connectivity index (χ1v) is 8.83. The topological polar surface area (TPSA) is 34.4 Å². The minimum absolute atomic E-state index is 0.417. The van der Waals surface area contributed by atoms with Gasteiger partial charge in [0.25, 0.3) is 0 Å². The van der Waals surface area contributed by atoms with Crippen LogP contribution in [0.25, 0.3) is 0 Å². The Balaban J connectivity index is 1.63. The van der Waals surface area contributed by atoms with E-state index in [1.165, 1.54) is 30.4 Å². The van der Waals surface area contributed by atoms with Crippen molar-refractivity contribution in [3.8, 4) is 5.75 Å². The van der Waals surface area contributed by atoms with Gasteiger partial charge in [-0.15, -0.1) is 0 Å². The Bertz CT molecular complexity index is 592. The van der Waals surface area contributed by atoms with E-state index in [-0.39, 0.29) is 0 Å². The average Bonchev–Trinajstić information content (AvgIpc) is 3.10. The maximum absolute atomic E-state index is 6.23. The van der Waals surface area contributed by atoms with Crippen LogP contribution in [0.4, 0.5) is 0 Å². The van der Waals surface area contributed by atoms with E-state index >= 15 is 0 Å². The second kappa shape index (κ2) is 8.21. The van der Waals surface area contributed by atoms with Crippen LogP contribution in [0.3, 0.4) is 0 Å². The number of nitrogens with one attached hydrogen (secondary N) is 1. The summed E-state index contributed by atoms with van der Waals surface area (Å²) < 4.78 is 11.7. The van der Waals surface area contributed by atoms with Crippen LogP contribution in [0.1, 0.15) is 36.7 Å². The molecule has 1 aromatic carbocycles. The third kappa shape index (κ3) is 4.38. The van der Waals surface area contributed by atoms with Crippen LogP contribution >= 0.6 is 0 Å². The van der Waals surface area contributed by atoms with Gasteiger partial charge in [0.1, 0.15) is 11.5 Å². The van der Waals surface area contributed by atoms with Crippen LogP contribution in [-0.2, 0) is 19.3 Å². The lowest BCUT2D eigenvalue weighted by atomic mass is 9.91. The molecule has 3 rings (SSSR count). The summed E-state index contributed by atoms with van der Waals surface area (Å²) in [5.74, 6) is 2.54. The van der Waals surface area contributed by atoms with Gasteiger partial charge in [0.05, 0.1) is 12.9 Å². The SMILES string of the molecule is CCNCC(COc1cccc2c1CCCC2)Cc1ccco1. The highest BCUT2D eigenvalue weighted by atomic mass is 16.5. The first kappa shape index (κ1) is 16.1. The Kier molecular flexibility index (Phi) is 5.76. The maximum atomic E-state index is 6.23. The highest BCUT2D eigenvalue weighted by molar-refractivity contribution is 5.41. The Morgan fingerprint density at radius 2 is 2.09 bits per heavy atom. The summed E-state index contributed by atoms with van der Waals surface area (Å²) in [4.78, 5) is 0. The molecule has 124 valence electrons. The average molecular weight is 313 g/mol. The Morgan fingerprint density at radius 3 is 2.91 bits per heavy atom. The van der Waals surface area contributed by atoms with Gasteiger partial charge in [0.2, 0.25) is 0 Å². The van der Waals surface area contributed by atoms with Crippen molar-refractivity contribution >= 4 is 0 Å². The zero-order valence-electron chi connectivity index (χ0n) is 14.0. The molecule has 0 radical (unpaired) electrons. The highest BCUT2D eigenvalue weighted by Gasteiger charge is 2.16. The Labute approximate surface area is 139 Å². The van der Waals surface area contributed by atoms with E-state index in [0.717, 1.165) is 44.0 Å². The van der Waals surface area contributed by atoms with Crippen LogP contribution in [0, 0.1) is 5.92 Å². The van der Waals surface area contributed by atoms with E-state index in [2.05, 4.69) is 30.4 Å². The lowest BCUT2D eigenvalue weighted by Crippen LogP contribution is -2.28. The fraction of sp³-hybridized carbons (Fsp3) is 0.500. The second-order valence-corrected chi connectivity index (χ2v) is 6.37. The van der Waals surface area contributed by atoms with E-state index in [4.69, 9.17) is 9.15 Å². The van der Waals surface area contributed by atoms with Gasteiger partial charge >= 0.3 is 0 Å². The molecule has 1 aliphatic carbocycles. The maximum Gasteiger partial charge on any atom is 0.122 e. The lowest BCUT2D eigenvalue weighted by Gasteiger charge is -2.22. The molecule has 3 heteroatoms. The van der Waals surface area contributed by atoms with Crippen molar-refractivity contribution in [1.29, 1.82) is 0 Å². The molecule has 2 aromatic rings. The summed E-state index contributed by atoms with van der Waals surface area (Å²) in [5, 5.41) is 3.44. The highest BCUT2D eigenvalue weighted by Crippen LogP contribution is 2.29. The number of aryl methyl sites for hydroxylation is 1. The standard InChI is InChI=1S/C20H27NO2/c1-2-21-14-16(13-18-9-6-12-22-18)15-23-20-11-5-8-17-7-3-4-10-19(17)20/h5-6,8-9,11-12,16,21H,2-4,7,10,13-15H2,1H3. The van der Waals surface area contributed by atoms with E-state index in [1.807, 2.05) is 12.1 Å². The summed E-state index contributed by atoms with van der Waals surface area (Å²) in [6.07, 6.45) is 7.59. The predicted molar refractivity (Wildman–Crippen MR) is 93.0 cm³/mol. The van der Waals surface area contributed by atoms with Crippen molar-refractivity contribution < 1.29 is 9.15 Å². The van der Waals surface area contributed by atoms with E-state index in [1.54, 1.807) is 6.26 Å². The zero-order chi connectivity index (χ0) is 15.9. The Morgan fingerprint density at radius 1 is 1.17 bits per heavy atom. The van der Waals surface area contributed by atoms with Crippen molar-refractivity contribution in [3.05, 3.63) is 53.5 Å². The second-order valence-electron chi connectivity index (χ2n) is 6.37. The molecule has 1 aromatic heterocycles. The van der Waals surface area contributed by atoms with Gasteiger partial charge in [0, 0.05) is 18.9 Å². The molecule has 0 spiro atoms. The van der Waals surface area contributed by atoms with E-state index in [0.29, 0.717) is 5.92 Å². The molecule has 0 aliphatic heterocycles. The van der Waals surface area contributed by atoms with Crippen LogP contribution in [-0.4, -0.2) is 19.7 Å². The van der Waals surface area contributed by atoms with Gasteiger partial charge in [-0.05, 0) is 61.6 Å². The van der Waals surface area contributed by atoms with Gasteiger partial charge in [-0.3, -0.25) is 0 Å². The summed E-state index contributed by atoms with van der Waals surface area (Å²) in [5.41, 5.74) is 2.90. The summed E-state index contributed by atoms with van der Waals surface area (Å²) in [6, 6.07) is 10.5. The van der Waals surface area contributed by atoms with Crippen molar-refractivity contribution in [3.63, 3.8) is 0 Å². The van der Waals surface area contributed by atoms with Gasteiger partial charge in [-0.25, -0.2) is 0 Å². The van der Waals surface area contributed by atoms with E-state index < -0.39 is 0 Å². The van der Waals surface area contributed by atoms with Crippen LogP contribution in [0.2, 0.25) is 0 Å². The van der Waals surface area contributed by atoms with Gasteiger partial charge in [0.15, 0.2) is 0 Å². The largest absolute Gasteiger partial charge is 0.493 e. The molecule has 3 nitrogen and oxygen atoms in total. The predicted octanol–water partition coefficient (Wildman–Crippen LogP) is 4.01. The monoisotopic (exact) mass is 313 g/mol. The molecular weight excluding hydrogens is 286 g/mol. The molecule has 0 amide bonds. The number of fused-ring (bicyclic) bond motifs is 1. The smallest absolute Gasteiger partial charge is 0.122 e. The zero-order valence-corrected chi connectivity index (χ0v) is 14.0. The fourth-order valence-corrected chi connectivity index (χ4v) is 3.34. The number of benzene rings is 1. The first-order chi connectivity index (χ1) is 11.4. The van der Waals surface area contributed by atoms with Crippen molar-refractivity contribution in [2.75, 3.05) is 19.7 Å². The Hall–Kier alpha value is -1.74. The van der Waals surface area contributed by atoms with Gasteiger partial charge in [-0.2, -0.15) is 0 Å². The number of hydrogen-bond donors (Lipinski definition) is 1. The molecule has 23 heavy (non-hydrogen) atoms. The minimum Gasteiger partial charge on any atom is -0.493 e. The summed E-state index contributed by atoms with van der Waals surface area (Å²) in [6.45, 7) is 4.80. The molecule has 0 saturated carbocycles. The van der Waals surface area contributed by atoms with Crippen LogP contribution < -0.4 is 10.1 Å². The number of furan rings is 1. The van der Waals surface area contributed by atoms with E-state index in [9.17, 15) is 0 Å². The van der Waals surface area contributed by atoms with Crippen molar-refractivity contribution in [1.82, 2.24) is 5.32 Å². The van der Waals surface area contributed by atoms with Crippen molar-refractivity contribution in [2.24, 2.45) is 5.92 Å². The fourth-order valence-electron chi connectivity index (χ4n) is 3.34. The molecular formula is C20H27NO2. The minimum atomic E-state index is 0.417. The lowest BCUT2D eigenvalue weighted by molar-refractivity contribution is 0.234. The molecule has 1 aliphatic rings. The van der Waals surface area contributed by atoms with Crippen molar-refractivity contribution in [2.45, 2.75) is 39.0 Å². The summed E-state index contributed by atoms with van der Waals surface area (Å²) >= 11 is 0. The molecule has 1 atom stereocenters. The van der Waals surface area contributed by atoms with Crippen LogP contribution in [0.5, 0.6) is 5.75 Å². The molecule has 0 saturated heterocycles. The third-order valence-corrected chi connectivity index (χ3v) is 4.58. The third-order valence-electron chi connectivity index (χ3n) is 4.58. The normalized spacial score (nSPS) is 15.2. The number of ether oxygens (including phenoxy) is 1. The summed E-state index contributed by atoms with van der Waals surface area (Å²) in [7, 11) is 0. The molecule has 1 N–H and O–H groups in total. The first-order valence-electron chi connectivity index (χ1n) is 8.83. The number of hydrogen-bond acceptors (Lipinski definition) is 3. The molecule has 0 bridgehead atoms. The molecule has 1 heterocycles. The molecule has 0 fully saturated rings. The van der Waals surface area contributed by atoms with Gasteiger partial charge < -0.3 is 14.5 Å². The van der Waals surface area contributed by atoms with Crippen LogP contribution in [0.15, 0.2) is 41.0 Å². The van der Waals surface area contributed by atoms with Gasteiger partial charge in [-0.1, -0.05) is 19.1 Å². The number of rotatable bonds is 8.